The molecule has 0 aliphatic carbocycles. The zero-order chi connectivity index (χ0) is 17.3. The molecular formula is C13H14N5O5P. The van der Waals surface area contributed by atoms with E-state index in [9.17, 15) is 9.36 Å². The number of aromatic amines is 2. The van der Waals surface area contributed by atoms with Gasteiger partial charge in [0.1, 0.15) is 11.6 Å². The molecule has 0 saturated heterocycles. The molecule has 2 aromatic heterocycles. The number of nitrogen functional groups attached to an aromatic ring is 1. The summed E-state index contributed by atoms with van der Waals surface area (Å²) in [5, 5.41) is 0. The lowest BCUT2D eigenvalue weighted by Gasteiger charge is -2.11. The second-order valence-corrected chi connectivity index (χ2v) is 6.64. The summed E-state index contributed by atoms with van der Waals surface area (Å²) in [5.41, 5.74) is 6.09. The predicted octanol–water partition coefficient (Wildman–Crippen LogP) is 0.333. The number of benzene rings is 1. The van der Waals surface area contributed by atoms with Gasteiger partial charge in [0, 0.05) is 12.0 Å². The number of imidazole rings is 1. The average molecular weight is 351 g/mol. The van der Waals surface area contributed by atoms with Crippen molar-refractivity contribution in [1.29, 1.82) is 0 Å². The first-order chi connectivity index (χ1) is 11.3. The smallest absolute Gasteiger partial charge is 0.362 e. The number of rotatable bonds is 5. The first-order valence-corrected chi connectivity index (χ1v) is 8.61. The lowest BCUT2D eigenvalue weighted by molar-refractivity contribution is 0.299. The van der Waals surface area contributed by atoms with Crippen molar-refractivity contribution in [2.24, 2.45) is 0 Å². The number of aromatic nitrogens is 4. The number of anilines is 1. The lowest BCUT2D eigenvalue weighted by atomic mass is 10.1. The quantitative estimate of drug-likeness (QED) is 0.410. The topological polar surface area (TPSA) is 167 Å². The average Bonchev–Trinajstić information content (AvgIpc) is 2.88. The van der Waals surface area contributed by atoms with Crippen LogP contribution in [0.25, 0.3) is 11.2 Å². The molecule has 0 bridgehead atoms. The van der Waals surface area contributed by atoms with Crippen LogP contribution in [0.2, 0.25) is 0 Å². The fraction of sp³-hybridized carbons (Fsp3) is 0.154. The summed E-state index contributed by atoms with van der Waals surface area (Å²) in [5.74, 6) is 0.736. The Hall–Kier alpha value is -2.68. The number of nitrogens with two attached hydrogens (primary N) is 1. The van der Waals surface area contributed by atoms with E-state index in [1.54, 1.807) is 24.3 Å². The summed E-state index contributed by atoms with van der Waals surface area (Å²) in [6, 6.07) is 6.76. The number of nitrogens with zero attached hydrogens (tertiary/aromatic N) is 2. The van der Waals surface area contributed by atoms with E-state index in [4.69, 9.17) is 20.3 Å². The van der Waals surface area contributed by atoms with Gasteiger partial charge in [-0.1, -0.05) is 18.2 Å². The van der Waals surface area contributed by atoms with Crippen LogP contribution in [0.15, 0.2) is 29.1 Å². The highest BCUT2D eigenvalue weighted by Gasteiger charge is 2.16. The van der Waals surface area contributed by atoms with Crippen LogP contribution in [-0.4, -0.2) is 36.1 Å². The van der Waals surface area contributed by atoms with Crippen LogP contribution < -0.4 is 16.0 Å². The van der Waals surface area contributed by atoms with Gasteiger partial charge < -0.3 is 25.2 Å². The SMILES string of the molecule is Nc1nc2nc(Cc3ccccc3OCP(=O)(O)O)[nH]c2c(=O)[nH]1. The summed E-state index contributed by atoms with van der Waals surface area (Å²) in [7, 11) is -4.28. The maximum Gasteiger partial charge on any atom is 0.362 e. The van der Waals surface area contributed by atoms with Gasteiger partial charge in [-0.3, -0.25) is 14.3 Å². The van der Waals surface area contributed by atoms with E-state index in [2.05, 4.69) is 19.9 Å². The highest BCUT2D eigenvalue weighted by atomic mass is 31.2. The van der Waals surface area contributed by atoms with Gasteiger partial charge in [-0.15, -0.1) is 0 Å². The number of nitrogens with one attached hydrogen (secondary N) is 2. The molecule has 1 aromatic carbocycles. The summed E-state index contributed by atoms with van der Waals surface area (Å²) >= 11 is 0. The van der Waals surface area contributed by atoms with E-state index in [1.165, 1.54) is 0 Å². The van der Waals surface area contributed by atoms with Crippen molar-refractivity contribution in [3.05, 3.63) is 46.0 Å². The van der Waals surface area contributed by atoms with Crippen molar-refractivity contribution in [3.8, 4) is 5.75 Å². The van der Waals surface area contributed by atoms with Gasteiger partial charge in [0.25, 0.3) is 5.56 Å². The molecule has 0 radical (unpaired) electrons. The molecule has 6 N–H and O–H groups in total. The van der Waals surface area contributed by atoms with Crippen LogP contribution >= 0.6 is 7.60 Å². The standard InChI is InChI=1S/C13H14N5O5P/c14-13-17-11-10(12(19)18-13)15-9(16-11)5-7-3-1-2-4-8(7)23-6-24(20,21)22/h1-4H,5-6H2,(H2,20,21,22)(H4,14,15,16,17,18,19). The van der Waals surface area contributed by atoms with E-state index in [1.807, 2.05) is 0 Å². The van der Waals surface area contributed by atoms with E-state index < -0.39 is 19.5 Å². The monoisotopic (exact) mass is 351 g/mol. The Kier molecular flexibility index (Phi) is 4.10. The first kappa shape index (κ1) is 16.2. The molecule has 3 aromatic rings. The molecule has 0 aliphatic rings. The summed E-state index contributed by atoms with van der Waals surface area (Å²) in [6.45, 7) is 0. The zero-order valence-electron chi connectivity index (χ0n) is 12.3. The normalized spacial score (nSPS) is 11.8. The molecule has 10 nitrogen and oxygen atoms in total. The maximum atomic E-state index is 11.8. The van der Waals surface area contributed by atoms with E-state index in [0.717, 1.165) is 0 Å². The number of H-pyrrole nitrogens is 2. The number of para-hydroxylation sites is 1. The second kappa shape index (κ2) is 6.08. The Bertz CT molecular complexity index is 992. The van der Waals surface area contributed by atoms with Crippen LogP contribution in [0.3, 0.4) is 0 Å². The minimum Gasteiger partial charge on any atom is -0.481 e. The number of hydrogen-bond acceptors (Lipinski definition) is 6. The minimum atomic E-state index is -4.28. The third-order valence-electron chi connectivity index (χ3n) is 3.15. The fourth-order valence-corrected chi connectivity index (χ4v) is 2.49. The van der Waals surface area contributed by atoms with Crippen LogP contribution in [0.1, 0.15) is 11.4 Å². The van der Waals surface area contributed by atoms with Crippen LogP contribution in [0.4, 0.5) is 5.95 Å². The highest BCUT2D eigenvalue weighted by molar-refractivity contribution is 7.51. The van der Waals surface area contributed by atoms with Gasteiger partial charge in [-0.05, 0) is 6.07 Å². The van der Waals surface area contributed by atoms with E-state index >= 15 is 0 Å². The Morgan fingerprint density at radius 3 is 2.71 bits per heavy atom. The Morgan fingerprint density at radius 1 is 1.21 bits per heavy atom. The van der Waals surface area contributed by atoms with Crippen molar-refractivity contribution in [1.82, 2.24) is 19.9 Å². The van der Waals surface area contributed by atoms with Crippen LogP contribution in [-0.2, 0) is 11.0 Å². The Balaban J connectivity index is 1.90. The number of ether oxygens (including phenoxy) is 1. The van der Waals surface area contributed by atoms with Gasteiger partial charge in [-0.2, -0.15) is 4.98 Å². The molecule has 0 unspecified atom stereocenters. The molecule has 2 heterocycles. The molecule has 126 valence electrons. The van der Waals surface area contributed by atoms with Crippen molar-refractivity contribution in [3.63, 3.8) is 0 Å². The van der Waals surface area contributed by atoms with Crippen molar-refractivity contribution in [2.75, 3.05) is 12.1 Å². The zero-order valence-corrected chi connectivity index (χ0v) is 13.2. The molecule has 0 atom stereocenters. The summed E-state index contributed by atoms with van der Waals surface area (Å²) in [4.78, 5) is 43.0. The summed E-state index contributed by atoms with van der Waals surface area (Å²) < 4.78 is 16.1. The fourth-order valence-electron chi connectivity index (χ4n) is 2.18. The van der Waals surface area contributed by atoms with Crippen molar-refractivity contribution < 1.29 is 19.1 Å². The van der Waals surface area contributed by atoms with Gasteiger partial charge in [0.15, 0.2) is 17.5 Å². The molecule has 11 heteroatoms. The van der Waals surface area contributed by atoms with Gasteiger partial charge in [0.2, 0.25) is 5.95 Å². The Morgan fingerprint density at radius 2 is 1.96 bits per heavy atom. The van der Waals surface area contributed by atoms with Crippen molar-refractivity contribution >= 4 is 24.7 Å². The molecule has 0 spiro atoms. The molecule has 0 fully saturated rings. The second-order valence-electron chi connectivity index (χ2n) is 5.06. The Labute approximate surface area is 134 Å². The first-order valence-electron chi connectivity index (χ1n) is 6.81. The molecule has 0 saturated carbocycles. The van der Waals surface area contributed by atoms with Gasteiger partial charge in [0.05, 0.1) is 0 Å². The molecular weight excluding hydrogens is 337 g/mol. The largest absolute Gasteiger partial charge is 0.481 e. The maximum absolute atomic E-state index is 11.8. The van der Waals surface area contributed by atoms with Crippen LogP contribution in [0, 0.1) is 0 Å². The third kappa shape index (κ3) is 3.62. The van der Waals surface area contributed by atoms with E-state index in [0.29, 0.717) is 17.1 Å². The molecule has 3 rings (SSSR count). The highest BCUT2D eigenvalue weighted by Crippen LogP contribution is 2.35. The van der Waals surface area contributed by atoms with Crippen molar-refractivity contribution in [2.45, 2.75) is 6.42 Å². The summed E-state index contributed by atoms with van der Waals surface area (Å²) in [6.07, 6.45) is -0.463. The molecule has 24 heavy (non-hydrogen) atoms. The van der Waals surface area contributed by atoms with Crippen LogP contribution in [0.5, 0.6) is 5.75 Å². The lowest BCUT2D eigenvalue weighted by Crippen LogP contribution is -2.10. The third-order valence-corrected chi connectivity index (χ3v) is 3.61. The molecule has 0 amide bonds. The number of fused-ring (bicyclic) bond motifs is 1. The minimum absolute atomic E-state index is 0.0315. The predicted molar refractivity (Wildman–Crippen MR) is 85.7 cm³/mol. The van der Waals surface area contributed by atoms with Gasteiger partial charge >= 0.3 is 7.60 Å². The van der Waals surface area contributed by atoms with E-state index in [-0.39, 0.29) is 23.5 Å². The molecule has 0 aliphatic heterocycles. The number of hydrogen-bond donors (Lipinski definition) is 5. The van der Waals surface area contributed by atoms with Gasteiger partial charge in [-0.25, -0.2) is 4.98 Å².